The van der Waals surface area contributed by atoms with Crippen molar-refractivity contribution in [2.45, 2.75) is 0 Å². The molecule has 98 valence electrons. The Labute approximate surface area is 122 Å². The third kappa shape index (κ3) is 3.23. The zero-order valence-corrected chi connectivity index (χ0v) is 10.9. The number of nitriles is 3. The van der Waals surface area contributed by atoms with Crippen molar-refractivity contribution in [3.63, 3.8) is 0 Å². The summed E-state index contributed by atoms with van der Waals surface area (Å²) in [5.41, 5.74) is 5.50. The van der Waals surface area contributed by atoms with Crippen LogP contribution in [0.25, 0.3) is 11.1 Å². The van der Waals surface area contributed by atoms with Crippen LogP contribution in [0.3, 0.4) is 0 Å². The van der Waals surface area contributed by atoms with Gasteiger partial charge in [0.2, 0.25) is 5.71 Å². The van der Waals surface area contributed by atoms with Gasteiger partial charge in [0.05, 0.1) is 17.3 Å². The van der Waals surface area contributed by atoms with E-state index in [1.807, 2.05) is 30.3 Å². The quantitative estimate of drug-likeness (QED) is 0.685. The zero-order valence-electron chi connectivity index (χ0n) is 10.9. The number of nitrogens with zero attached hydrogens (tertiary/aromatic N) is 4. The highest BCUT2D eigenvalue weighted by Crippen LogP contribution is 2.27. The summed E-state index contributed by atoms with van der Waals surface area (Å²) in [6.07, 6.45) is 0. The standard InChI is InChI=1S/C16H9N5/c17-9-12-5-7-13(8-6-12)15-3-1-2-4-16(15)21-20-14(10-18)11-19/h1-8,21H. The molecule has 0 heterocycles. The van der Waals surface area contributed by atoms with E-state index < -0.39 is 0 Å². The Morgan fingerprint density at radius 2 is 1.57 bits per heavy atom. The van der Waals surface area contributed by atoms with E-state index in [1.54, 1.807) is 30.3 Å². The molecule has 0 aliphatic carbocycles. The van der Waals surface area contributed by atoms with Crippen molar-refractivity contribution in [1.29, 1.82) is 15.8 Å². The number of para-hydroxylation sites is 1. The van der Waals surface area contributed by atoms with Crippen LogP contribution < -0.4 is 5.43 Å². The van der Waals surface area contributed by atoms with Crippen molar-refractivity contribution >= 4 is 11.4 Å². The predicted molar refractivity (Wildman–Crippen MR) is 78.9 cm³/mol. The topological polar surface area (TPSA) is 95.8 Å². The minimum atomic E-state index is -0.246. The lowest BCUT2D eigenvalue weighted by atomic mass is 10.0. The Balaban J connectivity index is 2.37. The van der Waals surface area contributed by atoms with Crippen LogP contribution in [-0.2, 0) is 0 Å². The fourth-order valence-electron chi connectivity index (χ4n) is 1.75. The summed E-state index contributed by atoms with van der Waals surface area (Å²) in [7, 11) is 0. The summed E-state index contributed by atoms with van der Waals surface area (Å²) in [5.74, 6) is 0. The fraction of sp³-hybridized carbons (Fsp3) is 0. The Bertz CT molecular complexity index is 782. The van der Waals surface area contributed by atoms with E-state index >= 15 is 0 Å². The lowest BCUT2D eigenvalue weighted by Gasteiger charge is -2.08. The van der Waals surface area contributed by atoms with Crippen molar-refractivity contribution in [2.24, 2.45) is 5.10 Å². The van der Waals surface area contributed by atoms with Gasteiger partial charge in [0.15, 0.2) is 0 Å². The summed E-state index contributed by atoms with van der Waals surface area (Å²) < 4.78 is 0. The van der Waals surface area contributed by atoms with E-state index in [0.717, 1.165) is 11.1 Å². The summed E-state index contributed by atoms with van der Waals surface area (Å²) in [5, 5.41) is 29.9. The molecule has 2 aromatic rings. The van der Waals surface area contributed by atoms with Gasteiger partial charge >= 0.3 is 0 Å². The fourth-order valence-corrected chi connectivity index (χ4v) is 1.75. The second-order valence-electron chi connectivity index (χ2n) is 4.03. The normalized spacial score (nSPS) is 8.81. The van der Waals surface area contributed by atoms with Crippen LogP contribution in [0.2, 0.25) is 0 Å². The van der Waals surface area contributed by atoms with Gasteiger partial charge in [-0.25, -0.2) is 0 Å². The number of hydrazone groups is 1. The van der Waals surface area contributed by atoms with Crippen molar-refractivity contribution < 1.29 is 0 Å². The second-order valence-corrected chi connectivity index (χ2v) is 4.03. The third-order valence-corrected chi connectivity index (χ3v) is 2.75. The van der Waals surface area contributed by atoms with Gasteiger partial charge in [-0.2, -0.15) is 20.9 Å². The minimum absolute atomic E-state index is 0.246. The number of hydrogen-bond donors (Lipinski definition) is 1. The second kappa shape index (κ2) is 6.52. The predicted octanol–water partition coefficient (Wildman–Crippen LogP) is 3.04. The summed E-state index contributed by atoms with van der Waals surface area (Å²) in [6, 6.07) is 19.9. The molecule has 21 heavy (non-hydrogen) atoms. The molecule has 0 fully saturated rings. The molecule has 2 rings (SSSR count). The van der Waals surface area contributed by atoms with Gasteiger partial charge in [0, 0.05) is 5.56 Å². The van der Waals surface area contributed by atoms with E-state index in [1.165, 1.54) is 0 Å². The largest absolute Gasteiger partial charge is 0.276 e. The van der Waals surface area contributed by atoms with Crippen LogP contribution >= 0.6 is 0 Å². The zero-order chi connectivity index (χ0) is 15.1. The number of hydrogen-bond acceptors (Lipinski definition) is 5. The first-order valence-corrected chi connectivity index (χ1v) is 6.02. The molecule has 0 saturated heterocycles. The van der Waals surface area contributed by atoms with Crippen LogP contribution in [0.15, 0.2) is 53.6 Å². The maximum Gasteiger partial charge on any atom is 0.237 e. The lowest BCUT2D eigenvalue weighted by Crippen LogP contribution is -1.97. The molecule has 0 aliphatic rings. The molecule has 0 saturated carbocycles. The SMILES string of the molecule is N#CC(C#N)=NNc1ccccc1-c1ccc(C#N)cc1. The number of rotatable bonds is 3. The molecule has 1 N–H and O–H groups in total. The highest BCUT2D eigenvalue weighted by Gasteiger charge is 2.04. The average molecular weight is 271 g/mol. The molecule has 0 atom stereocenters. The summed E-state index contributed by atoms with van der Waals surface area (Å²) in [6.45, 7) is 0. The monoisotopic (exact) mass is 271 g/mol. The Kier molecular flexibility index (Phi) is 4.28. The Hall–Kier alpha value is -3.62. The van der Waals surface area contributed by atoms with Crippen molar-refractivity contribution in [3.8, 4) is 29.3 Å². The highest BCUT2D eigenvalue weighted by molar-refractivity contribution is 6.10. The van der Waals surface area contributed by atoms with E-state index in [9.17, 15) is 0 Å². The van der Waals surface area contributed by atoms with E-state index in [2.05, 4.69) is 16.6 Å². The average Bonchev–Trinajstić information content (AvgIpc) is 2.56. The molecule has 0 bridgehead atoms. The van der Waals surface area contributed by atoms with Crippen LogP contribution in [0.4, 0.5) is 5.69 Å². The van der Waals surface area contributed by atoms with Crippen LogP contribution in [0.1, 0.15) is 5.56 Å². The van der Waals surface area contributed by atoms with E-state index in [4.69, 9.17) is 15.8 Å². The molecule has 0 amide bonds. The van der Waals surface area contributed by atoms with Gasteiger partial charge in [-0.1, -0.05) is 30.3 Å². The molecular formula is C16H9N5. The molecule has 2 aromatic carbocycles. The Morgan fingerprint density at radius 3 is 2.19 bits per heavy atom. The van der Waals surface area contributed by atoms with Crippen molar-refractivity contribution in [2.75, 3.05) is 5.43 Å². The third-order valence-electron chi connectivity index (χ3n) is 2.75. The van der Waals surface area contributed by atoms with Gasteiger partial charge in [0.25, 0.3) is 0 Å². The molecule has 0 spiro atoms. The number of benzene rings is 2. The van der Waals surface area contributed by atoms with Gasteiger partial charge in [-0.05, 0) is 23.8 Å². The molecule has 5 nitrogen and oxygen atoms in total. The number of anilines is 1. The summed E-state index contributed by atoms with van der Waals surface area (Å²) in [4.78, 5) is 0. The van der Waals surface area contributed by atoms with Gasteiger partial charge in [-0.15, -0.1) is 0 Å². The molecule has 0 unspecified atom stereocenters. The number of nitrogens with one attached hydrogen (secondary N) is 1. The minimum Gasteiger partial charge on any atom is -0.276 e. The van der Waals surface area contributed by atoms with Crippen molar-refractivity contribution in [1.82, 2.24) is 0 Å². The molecule has 0 aromatic heterocycles. The first-order valence-electron chi connectivity index (χ1n) is 6.02. The summed E-state index contributed by atoms with van der Waals surface area (Å²) >= 11 is 0. The Morgan fingerprint density at radius 1 is 0.905 bits per heavy atom. The van der Waals surface area contributed by atoms with Gasteiger partial charge < -0.3 is 0 Å². The smallest absolute Gasteiger partial charge is 0.237 e. The van der Waals surface area contributed by atoms with Gasteiger partial charge in [0.1, 0.15) is 12.1 Å². The van der Waals surface area contributed by atoms with E-state index in [0.29, 0.717) is 11.3 Å². The van der Waals surface area contributed by atoms with Crippen LogP contribution in [-0.4, -0.2) is 5.71 Å². The highest BCUT2D eigenvalue weighted by atomic mass is 15.3. The molecular weight excluding hydrogens is 262 g/mol. The molecule has 0 aliphatic heterocycles. The van der Waals surface area contributed by atoms with Crippen LogP contribution in [0, 0.1) is 34.0 Å². The van der Waals surface area contributed by atoms with Crippen LogP contribution in [0.5, 0.6) is 0 Å². The molecule has 0 radical (unpaired) electrons. The first kappa shape index (κ1) is 13.8. The van der Waals surface area contributed by atoms with Crippen molar-refractivity contribution in [3.05, 3.63) is 54.1 Å². The maximum atomic E-state index is 8.81. The molecule has 5 heteroatoms. The lowest BCUT2D eigenvalue weighted by molar-refractivity contribution is 1.34. The first-order chi connectivity index (χ1) is 10.3. The maximum absolute atomic E-state index is 8.81. The van der Waals surface area contributed by atoms with Gasteiger partial charge in [-0.3, -0.25) is 5.43 Å². The van der Waals surface area contributed by atoms with E-state index in [-0.39, 0.29) is 5.71 Å².